The zero-order valence-corrected chi connectivity index (χ0v) is 19.9. The third-order valence-corrected chi connectivity index (χ3v) is 5.35. The van der Waals surface area contributed by atoms with Crippen molar-refractivity contribution >= 4 is 6.03 Å². The van der Waals surface area contributed by atoms with Gasteiger partial charge in [0.15, 0.2) is 11.6 Å². The van der Waals surface area contributed by atoms with Crippen molar-refractivity contribution in [1.82, 2.24) is 34.8 Å². The molecule has 0 radical (unpaired) electrons. The van der Waals surface area contributed by atoms with Gasteiger partial charge in [0, 0.05) is 37.8 Å². The molecule has 0 spiro atoms. The average Bonchev–Trinajstić information content (AvgIpc) is 3.45. The standard InChI is InChI=1S/C23H32FN7O2/c1-6-29(7-2)12-10-20-26-27-22(18-9-8-17(24)14-19(18)33-5)31(20)21-11-13-30(28-21)23(32)25-15-16(3)4/h8-9,11,13-14,16H,6-7,10,12,15H2,1-5H3,(H,25,32). The summed E-state index contributed by atoms with van der Waals surface area (Å²) < 4.78 is 22.3. The smallest absolute Gasteiger partial charge is 0.342 e. The van der Waals surface area contributed by atoms with Crippen molar-refractivity contribution < 1.29 is 13.9 Å². The number of hydrogen-bond donors (Lipinski definition) is 1. The topological polar surface area (TPSA) is 90.1 Å². The molecule has 0 saturated carbocycles. The number of likely N-dealkylation sites (N-methyl/N-ethyl adjacent to an activating group) is 1. The second-order valence-electron chi connectivity index (χ2n) is 8.10. The Bertz CT molecular complexity index is 1070. The van der Waals surface area contributed by atoms with Crippen LogP contribution in [0, 0.1) is 11.7 Å². The van der Waals surface area contributed by atoms with E-state index in [0.717, 1.165) is 19.6 Å². The Morgan fingerprint density at radius 3 is 2.64 bits per heavy atom. The van der Waals surface area contributed by atoms with E-state index < -0.39 is 5.82 Å². The number of carbonyl (C=O) groups excluding carboxylic acids is 1. The van der Waals surface area contributed by atoms with Crippen molar-refractivity contribution in [2.45, 2.75) is 34.1 Å². The molecule has 1 aromatic carbocycles. The first-order chi connectivity index (χ1) is 15.9. The fraction of sp³-hybridized carbons (Fsp3) is 0.478. The Balaban J connectivity index is 2.02. The predicted octanol–water partition coefficient (Wildman–Crippen LogP) is 3.38. The van der Waals surface area contributed by atoms with Crippen LogP contribution in [0.1, 0.15) is 33.5 Å². The van der Waals surface area contributed by atoms with Gasteiger partial charge in [-0.2, -0.15) is 4.68 Å². The van der Waals surface area contributed by atoms with Crippen LogP contribution < -0.4 is 10.1 Å². The molecular weight excluding hydrogens is 425 g/mol. The molecule has 3 aromatic rings. The number of amides is 1. The molecule has 0 saturated heterocycles. The van der Waals surface area contributed by atoms with E-state index in [2.05, 4.69) is 39.4 Å². The van der Waals surface area contributed by atoms with Crippen LogP contribution in [0.5, 0.6) is 5.75 Å². The summed E-state index contributed by atoms with van der Waals surface area (Å²) in [6, 6.07) is 5.69. The summed E-state index contributed by atoms with van der Waals surface area (Å²) in [4.78, 5) is 14.8. The summed E-state index contributed by atoms with van der Waals surface area (Å²) >= 11 is 0. The highest BCUT2D eigenvalue weighted by molar-refractivity contribution is 5.76. The van der Waals surface area contributed by atoms with Gasteiger partial charge in [-0.15, -0.1) is 15.3 Å². The summed E-state index contributed by atoms with van der Waals surface area (Å²) in [5.74, 6) is 1.91. The van der Waals surface area contributed by atoms with Gasteiger partial charge in [-0.05, 0) is 31.1 Å². The molecule has 10 heteroatoms. The van der Waals surface area contributed by atoms with E-state index in [1.54, 1.807) is 22.9 Å². The maximum atomic E-state index is 13.8. The predicted molar refractivity (Wildman–Crippen MR) is 124 cm³/mol. The van der Waals surface area contributed by atoms with Crippen molar-refractivity contribution in [2.75, 3.05) is 33.3 Å². The molecule has 0 bridgehead atoms. The quantitative estimate of drug-likeness (QED) is 0.502. The zero-order valence-electron chi connectivity index (χ0n) is 19.9. The highest BCUT2D eigenvalue weighted by atomic mass is 19.1. The number of ether oxygens (including phenoxy) is 1. The van der Waals surface area contributed by atoms with Gasteiger partial charge in [0.05, 0.1) is 12.7 Å². The number of hydrogen-bond acceptors (Lipinski definition) is 6. The molecule has 0 atom stereocenters. The van der Waals surface area contributed by atoms with Gasteiger partial charge in [-0.25, -0.2) is 9.18 Å². The molecule has 2 heterocycles. The SMILES string of the molecule is CCN(CC)CCc1nnc(-c2ccc(F)cc2OC)n1-c1ccn(C(=O)NCC(C)C)n1. The van der Waals surface area contributed by atoms with Crippen molar-refractivity contribution in [2.24, 2.45) is 5.92 Å². The lowest BCUT2D eigenvalue weighted by Gasteiger charge is -2.17. The van der Waals surface area contributed by atoms with Crippen LogP contribution in [0.3, 0.4) is 0 Å². The first kappa shape index (κ1) is 24.4. The molecule has 1 N–H and O–H groups in total. The van der Waals surface area contributed by atoms with E-state index in [0.29, 0.717) is 47.7 Å². The summed E-state index contributed by atoms with van der Waals surface area (Å²) in [5.41, 5.74) is 0.583. The highest BCUT2D eigenvalue weighted by Crippen LogP contribution is 2.31. The minimum absolute atomic E-state index is 0.311. The molecule has 33 heavy (non-hydrogen) atoms. The molecule has 3 rings (SSSR count). The van der Waals surface area contributed by atoms with Gasteiger partial charge in [-0.3, -0.25) is 4.57 Å². The van der Waals surface area contributed by atoms with Gasteiger partial charge >= 0.3 is 6.03 Å². The molecule has 0 unspecified atom stereocenters. The normalized spacial score (nSPS) is 11.4. The number of nitrogens with one attached hydrogen (secondary N) is 1. The molecule has 0 aliphatic carbocycles. The van der Waals surface area contributed by atoms with Crippen molar-refractivity contribution in [3.8, 4) is 23.0 Å². The molecule has 0 aliphatic heterocycles. The van der Waals surface area contributed by atoms with Gasteiger partial charge in [-0.1, -0.05) is 27.7 Å². The number of nitrogens with zero attached hydrogens (tertiary/aromatic N) is 6. The fourth-order valence-electron chi connectivity index (χ4n) is 3.46. The second kappa shape index (κ2) is 11.0. The summed E-state index contributed by atoms with van der Waals surface area (Å²) in [6.07, 6.45) is 2.23. The maximum Gasteiger partial charge on any atom is 0.342 e. The Hall–Kier alpha value is -3.27. The zero-order chi connectivity index (χ0) is 24.0. The van der Waals surface area contributed by atoms with Crippen LogP contribution in [0.4, 0.5) is 9.18 Å². The molecule has 2 aromatic heterocycles. The van der Waals surface area contributed by atoms with E-state index in [4.69, 9.17) is 4.74 Å². The average molecular weight is 458 g/mol. The number of benzene rings is 1. The van der Waals surface area contributed by atoms with Crippen molar-refractivity contribution in [3.63, 3.8) is 0 Å². The van der Waals surface area contributed by atoms with Crippen molar-refractivity contribution in [3.05, 3.63) is 42.1 Å². The number of aromatic nitrogens is 5. The Morgan fingerprint density at radius 1 is 1.21 bits per heavy atom. The third-order valence-electron chi connectivity index (χ3n) is 5.35. The van der Waals surface area contributed by atoms with E-state index in [-0.39, 0.29) is 6.03 Å². The van der Waals surface area contributed by atoms with Crippen molar-refractivity contribution in [1.29, 1.82) is 0 Å². The molecule has 0 aliphatic rings. The Labute approximate surface area is 193 Å². The van der Waals surface area contributed by atoms with Crippen LogP contribution >= 0.6 is 0 Å². The lowest BCUT2D eigenvalue weighted by molar-refractivity contribution is 0.238. The minimum Gasteiger partial charge on any atom is -0.496 e. The fourth-order valence-corrected chi connectivity index (χ4v) is 3.46. The first-order valence-corrected chi connectivity index (χ1v) is 11.2. The Kier molecular flexibility index (Phi) is 8.16. The lowest BCUT2D eigenvalue weighted by atomic mass is 10.1. The van der Waals surface area contributed by atoms with Crippen LogP contribution in [0.25, 0.3) is 17.2 Å². The maximum absolute atomic E-state index is 13.8. The number of carbonyl (C=O) groups is 1. The van der Waals surface area contributed by atoms with E-state index in [1.165, 1.54) is 23.9 Å². The van der Waals surface area contributed by atoms with E-state index in [9.17, 15) is 9.18 Å². The number of methoxy groups -OCH3 is 1. The van der Waals surface area contributed by atoms with Crippen LogP contribution in [0.2, 0.25) is 0 Å². The monoisotopic (exact) mass is 457 g/mol. The molecule has 1 amide bonds. The summed E-state index contributed by atoms with van der Waals surface area (Å²) in [6.45, 7) is 11.5. The summed E-state index contributed by atoms with van der Waals surface area (Å²) in [5, 5.41) is 16.1. The molecule has 0 fully saturated rings. The van der Waals surface area contributed by atoms with Crippen LogP contribution in [0.15, 0.2) is 30.5 Å². The molecule has 178 valence electrons. The largest absolute Gasteiger partial charge is 0.496 e. The van der Waals surface area contributed by atoms with Gasteiger partial charge in [0.2, 0.25) is 0 Å². The highest BCUT2D eigenvalue weighted by Gasteiger charge is 2.21. The van der Waals surface area contributed by atoms with E-state index in [1.807, 2.05) is 13.8 Å². The Morgan fingerprint density at radius 2 is 1.97 bits per heavy atom. The van der Waals surface area contributed by atoms with Gasteiger partial charge in [0.25, 0.3) is 0 Å². The van der Waals surface area contributed by atoms with Gasteiger partial charge in [0.1, 0.15) is 17.4 Å². The summed E-state index contributed by atoms with van der Waals surface area (Å²) in [7, 11) is 1.48. The second-order valence-corrected chi connectivity index (χ2v) is 8.10. The molecule has 9 nitrogen and oxygen atoms in total. The van der Waals surface area contributed by atoms with Crippen LogP contribution in [-0.4, -0.2) is 68.8 Å². The minimum atomic E-state index is -0.408. The number of rotatable bonds is 10. The first-order valence-electron chi connectivity index (χ1n) is 11.2. The van der Waals surface area contributed by atoms with E-state index >= 15 is 0 Å². The van der Waals surface area contributed by atoms with Crippen LogP contribution in [-0.2, 0) is 6.42 Å². The number of halogens is 1. The third kappa shape index (κ3) is 5.75. The molecular formula is C23H32FN7O2. The lowest BCUT2D eigenvalue weighted by Crippen LogP contribution is -2.32. The van der Waals surface area contributed by atoms with Gasteiger partial charge < -0.3 is 15.0 Å².